The van der Waals surface area contributed by atoms with Crippen LogP contribution < -0.4 is 5.32 Å². The highest BCUT2D eigenvalue weighted by molar-refractivity contribution is 7.91. The minimum Gasteiger partial charge on any atom is -0.468 e. The van der Waals surface area contributed by atoms with Crippen LogP contribution in [-0.2, 0) is 9.84 Å². The highest BCUT2D eigenvalue weighted by Gasteiger charge is 2.32. The van der Waals surface area contributed by atoms with Crippen LogP contribution in [0.2, 0.25) is 0 Å². The lowest BCUT2D eigenvalue weighted by atomic mass is 10.2. The van der Waals surface area contributed by atoms with E-state index in [1.54, 1.807) is 0 Å². The van der Waals surface area contributed by atoms with Gasteiger partial charge in [0.25, 0.3) is 5.91 Å². The fourth-order valence-electron chi connectivity index (χ4n) is 2.55. The molecule has 1 amide bonds. The third-order valence-corrected chi connectivity index (χ3v) is 6.02. The van der Waals surface area contributed by atoms with Gasteiger partial charge < -0.3 is 9.73 Å². The lowest BCUT2D eigenvalue weighted by molar-refractivity contribution is 0.0949. The molecule has 0 fully saturated rings. The van der Waals surface area contributed by atoms with Gasteiger partial charge in [-0.15, -0.1) is 0 Å². The molecule has 3 rings (SSSR count). The minimum absolute atomic E-state index is 0.105. The molecule has 1 heterocycles. The summed E-state index contributed by atoms with van der Waals surface area (Å²) in [6.07, 6.45) is 1.31. The first-order valence-corrected chi connectivity index (χ1v) is 9.50. The molecule has 8 heteroatoms. The number of benzene rings is 2. The average Bonchev–Trinajstić information content (AvgIpc) is 3.16. The van der Waals surface area contributed by atoms with Crippen LogP contribution in [0.1, 0.15) is 21.4 Å². The monoisotopic (exact) mass is 391 g/mol. The Balaban J connectivity index is 1.88. The van der Waals surface area contributed by atoms with Gasteiger partial charge in [0.1, 0.15) is 22.6 Å². The summed E-state index contributed by atoms with van der Waals surface area (Å²) in [5.41, 5.74) is -0.199. The molecular weight excluding hydrogens is 376 g/mol. The third-order valence-electron chi connectivity index (χ3n) is 3.94. The van der Waals surface area contributed by atoms with Crippen LogP contribution >= 0.6 is 0 Å². The van der Waals surface area contributed by atoms with Crippen molar-refractivity contribution in [2.45, 2.75) is 10.1 Å². The van der Waals surface area contributed by atoms with Crippen LogP contribution in [0.5, 0.6) is 0 Å². The lowest BCUT2D eigenvalue weighted by Gasteiger charge is -2.17. The molecule has 0 aliphatic heterocycles. The summed E-state index contributed by atoms with van der Waals surface area (Å²) in [7, 11) is -4.00. The third kappa shape index (κ3) is 4.06. The normalized spacial score (nSPS) is 12.5. The number of carbonyl (C=O) groups is 1. The van der Waals surface area contributed by atoms with Gasteiger partial charge in [-0.2, -0.15) is 0 Å². The van der Waals surface area contributed by atoms with Crippen LogP contribution in [0.15, 0.2) is 76.2 Å². The molecule has 5 nitrogen and oxygen atoms in total. The van der Waals surface area contributed by atoms with Crippen LogP contribution in [0.25, 0.3) is 0 Å². The first kappa shape index (κ1) is 18.8. The zero-order valence-corrected chi connectivity index (χ0v) is 14.7. The van der Waals surface area contributed by atoms with Gasteiger partial charge in [0.2, 0.25) is 0 Å². The van der Waals surface area contributed by atoms with Gasteiger partial charge in [0.15, 0.2) is 9.84 Å². The molecule has 0 saturated heterocycles. The first-order valence-electron chi connectivity index (χ1n) is 7.95. The van der Waals surface area contributed by atoms with Gasteiger partial charge >= 0.3 is 0 Å². The van der Waals surface area contributed by atoms with Gasteiger partial charge in [-0.05, 0) is 48.5 Å². The minimum atomic E-state index is -4.00. The molecule has 1 atom stereocenters. The number of nitrogens with one attached hydrogen (secondary N) is 1. The van der Waals surface area contributed by atoms with E-state index in [4.69, 9.17) is 4.42 Å². The van der Waals surface area contributed by atoms with Crippen LogP contribution in [0, 0.1) is 11.6 Å². The summed E-state index contributed by atoms with van der Waals surface area (Å²) in [5, 5.41) is 1.17. The largest absolute Gasteiger partial charge is 0.468 e. The van der Waals surface area contributed by atoms with Crippen LogP contribution in [0.4, 0.5) is 8.78 Å². The second-order valence-corrected chi connectivity index (χ2v) is 7.82. The van der Waals surface area contributed by atoms with Crippen molar-refractivity contribution in [3.8, 4) is 0 Å². The van der Waals surface area contributed by atoms with Crippen molar-refractivity contribution in [3.63, 3.8) is 0 Å². The maximum atomic E-state index is 13.7. The summed E-state index contributed by atoms with van der Waals surface area (Å²) in [6.45, 7) is -0.347. The molecule has 3 aromatic rings. The Hall–Kier alpha value is -3.00. The Morgan fingerprint density at radius 3 is 2.33 bits per heavy atom. The molecule has 1 aromatic heterocycles. The van der Waals surface area contributed by atoms with Crippen molar-refractivity contribution in [3.05, 3.63) is 89.9 Å². The molecule has 0 radical (unpaired) electrons. The quantitative estimate of drug-likeness (QED) is 0.653. The summed E-state index contributed by atoms with van der Waals surface area (Å²) in [5.74, 6) is -1.94. The maximum Gasteiger partial charge on any atom is 0.254 e. The average molecular weight is 391 g/mol. The molecule has 1 N–H and O–H groups in total. The summed E-state index contributed by atoms with van der Waals surface area (Å²) in [4.78, 5) is 12.1. The highest BCUT2D eigenvalue weighted by atomic mass is 32.2. The first-order chi connectivity index (χ1) is 12.9. The number of furan rings is 1. The van der Waals surface area contributed by atoms with Crippen molar-refractivity contribution < 1.29 is 26.4 Å². The molecule has 2 aromatic carbocycles. The van der Waals surface area contributed by atoms with Gasteiger partial charge in [-0.1, -0.05) is 12.1 Å². The van der Waals surface area contributed by atoms with Gasteiger partial charge in [0, 0.05) is 6.54 Å². The SMILES string of the molecule is O=C(NCC(c1ccco1)S(=O)(=O)c1ccc(F)cc1)c1ccccc1F. The van der Waals surface area contributed by atoms with Crippen molar-refractivity contribution in [2.75, 3.05) is 6.54 Å². The lowest BCUT2D eigenvalue weighted by Crippen LogP contribution is -2.32. The molecule has 27 heavy (non-hydrogen) atoms. The number of carbonyl (C=O) groups excluding carboxylic acids is 1. The summed E-state index contributed by atoms with van der Waals surface area (Å²) >= 11 is 0. The number of amides is 1. The van der Waals surface area contributed by atoms with E-state index in [0.717, 1.165) is 30.3 Å². The van der Waals surface area contributed by atoms with E-state index in [-0.39, 0.29) is 22.8 Å². The molecule has 1 unspecified atom stereocenters. The standard InChI is InChI=1S/C19H15F2NO4S/c20-13-7-9-14(10-8-13)27(24,25)18(17-6-3-11-26-17)12-22-19(23)15-4-1-2-5-16(15)21/h1-11,18H,12H2,(H,22,23). The van der Waals surface area contributed by atoms with Crippen molar-refractivity contribution >= 4 is 15.7 Å². The van der Waals surface area contributed by atoms with E-state index >= 15 is 0 Å². The number of hydrogen-bond donors (Lipinski definition) is 1. The fourth-order valence-corrected chi connectivity index (χ4v) is 4.14. The van der Waals surface area contributed by atoms with E-state index < -0.39 is 32.6 Å². The Morgan fingerprint density at radius 1 is 1.00 bits per heavy atom. The molecule has 0 bridgehead atoms. The van der Waals surface area contributed by atoms with E-state index in [2.05, 4.69) is 5.32 Å². The fraction of sp³-hybridized carbons (Fsp3) is 0.105. The second kappa shape index (κ2) is 7.71. The Kier molecular flexibility index (Phi) is 5.36. The molecule has 0 saturated carbocycles. The van der Waals surface area contributed by atoms with Crippen LogP contribution in [-0.4, -0.2) is 20.9 Å². The summed E-state index contributed by atoms with van der Waals surface area (Å²) < 4.78 is 58.0. The zero-order chi connectivity index (χ0) is 19.4. The Bertz CT molecular complexity index is 1030. The number of halogens is 2. The number of sulfone groups is 1. The van der Waals surface area contributed by atoms with Crippen LogP contribution in [0.3, 0.4) is 0 Å². The van der Waals surface area contributed by atoms with Gasteiger partial charge in [-0.3, -0.25) is 4.79 Å². The predicted molar refractivity (Wildman–Crippen MR) is 93.8 cm³/mol. The summed E-state index contributed by atoms with van der Waals surface area (Å²) in [6, 6.07) is 12.7. The molecular formula is C19H15F2NO4S. The maximum absolute atomic E-state index is 13.7. The molecule has 0 aliphatic rings. The topological polar surface area (TPSA) is 76.4 Å². The van der Waals surface area contributed by atoms with E-state index in [1.165, 1.54) is 36.6 Å². The molecule has 0 aliphatic carbocycles. The second-order valence-electron chi connectivity index (χ2n) is 5.69. The van der Waals surface area contributed by atoms with Gasteiger partial charge in [-0.25, -0.2) is 17.2 Å². The molecule has 140 valence electrons. The Morgan fingerprint density at radius 2 is 1.70 bits per heavy atom. The van der Waals surface area contributed by atoms with Gasteiger partial charge in [0.05, 0.1) is 16.7 Å². The van der Waals surface area contributed by atoms with E-state index in [9.17, 15) is 22.0 Å². The van der Waals surface area contributed by atoms with E-state index in [0.29, 0.717) is 0 Å². The molecule has 0 spiro atoms. The Labute approximate surface area is 154 Å². The number of hydrogen-bond acceptors (Lipinski definition) is 4. The van der Waals surface area contributed by atoms with Crippen molar-refractivity contribution in [2.24, 2.45) is 0 Å². The van der Waals surface area contributed by atoms with E-state index in [1.807, 2.05) is 0 Å². The van der Waals surface area contributed by atoms with Crippen molar-refractivity contribution in [1.29, 1.82) is 0 Å². The zero-order valence-electron chi connectivity index (χ0n) is 13.9. The predicted octanol–water partition coefficient (Wildman–Crippen LogP) is 3.50. The smallest absolute Gasteiger partial charge is 0.254 e. The van der Waals surface area contributed by atoms with Crippen molar-refractivity contribution in [1.82, 2.24) is 5.32 Å². The highest BCUT2D eigenvalue weighted by Crippen LogP contribution is 2.29. The number of rotatable bonds is 6.